The first-order valence-corrected chi connectivity index (χ1v) is 6.15. The molecule has 0 amide bonds. The Balaban J connectivity index is 3.08. The van der Waals surface area contributed by atoms with E-state index in [0.717, 1.165) is 17.5 Å². The van der Waals surface area contributed by atoms with E-state index in [0.29, 0.717) is 4.83 Å². The summed E-state index contributed by atoms with van der Waals surface area (Å²) in [5.41, 5.74) is 2.28. The van der Waals surface area contributed by atoms with Gasteiger partial charge in [-0.3, -0.25) is 0 Å². The van der Waals surface area contributed by atoms with Crippen LogP contribution in [0.2, 0.25) is 0 Å². The molecule has 0 N–H and O–H groups in total. The summed E-state index contributed by atoms with van der Waals surface area (Å²) in [6, 6.07) is 5.03. The van der Waals surface area contributed by atoms with Crippen LogP contribution in [0.5, 0.6) is 0 Å². The van der Waals surface area contributed by atoms with Gasteiger partial charge in [-0.05, 0) is 42.0 Å². The summed E-state index contributed by atoms with van der Waals surface area (Å²) >= 11 is 3.56. The molecule has 1 rings (SSSR count). The van der Waals surface area contributed by atoms with Gasteiger partial charge in [0.1, 0.15) is 5.82 Å². The molecule has 0 saturated carbocycles. The molecule has 0 radical (unpaired) electrons. The molecule has 1 unspecified atom stereocenters. The average Bonchev–Trinajstić information content (AvgIpc) is 2.06. The van der Waals surface area contributed by atoms with E-state index in [2.05, 4.69) is 36.7 Å². The van der Waals surface area contributed by atoms with Gasteiger partial charge in [-0.2, -0.15) is 0 Å². The molecule has 0 nitrogen and oxygen atoms in total. The van der Waals surface area contributed by atoms with Gasteiger partial charge >= 0.3 is 0 Å². The molecule has 1 aromatic rings. The van der Waals surface area contributed by atoms with Gasteiger partial charge in [0.25, 0.3) is 0 Å². The standard InChI is InChI=1S/C13H18BrF/c1-9-5-6-11(15)7-12(9)13(3,4)8-10(2)14/h5-7,10H,8H2,1-4H3. The van der Waals surface area contributed by atoms with Gasteiger partial charge in [0.15, 0.2) is 0 Å². The lowest BCUT2D eigenvalue weighted by Gasteiger charge is -2.28. The van der Waals surface area contributed by atoms with Crippen molar-refractivity contribution in [2.75, 3.05) is 0 Å². The molecule has 2 heteroatoms. The van der Waals surface area contributed by atoms with E-state index >= 15 is 0 Å². The zero-order valence-electron chi connectivity index (χ0n) is 9.77. The van der Waals surface area contributed by atoms with E-state index in [9.17, 15) is 4.39 Å². The molecule has 0 aliphatic carbocycles. The quantitative estimate of drug-likeness (QED) is 0.707. The number of hydrogen-bond donors (Lipinski definition) is 0. The average molecular weight is 273 g/mol. The second-order valence-electron chi connectivity index (χ2n) is 4.83. The van der Waals surface area contributed by atoms with Crippen molar-refractivity contribution in [3.63, 3.8) is 0 Å². The highest BCUT2D eigenvalue weighted by atomic mass is 79.9. The van der Waals surface area contributed by atoms with Crippen molar-refractivity contribution in [3.05, 3.63) is 35.1 Å². The highest BCUT2D eigenvalue weighted by Crippen LogP contribution is 2.32. The van der Waals surface area contributed by atoms with E-state index in [-0.39, 0.29) is 11.2 Å². The molecule has 1 atom stereocenters. The number of aryl methyl sites for hydroxylation is 1. The highest BCUT2D eigenvalue weighted by molar-refractivity contribution is 9.09. The van der Waals surface area contributed by atoms with Crippen LogP contribution < -0.4 is 0 Å². The third-order valence-electron chi connectivity index (χ3n) is 2.72. The minimum Gasteiger partial charge on any atom is -0.207 e. The monoisotopic (exact) mass is 272 g/mol. The molecular weight excluding hydrogens is 255 g/mol. The molecular formula is C13H18BrF. The molecule has 0 heterocycles. The first kappa shape index (κ1) is 12.7. The van der Waals surface area contributed by atoms with Gasteiger partial charge in [0.05, 0.1) is 0 Å². The molecule has 0 spiro atoms. The fraction of sp³-hybridized carbons (Fsp3) is 0.538. The van der Waals surface area contributed by atoms with E-state index in [1.165, 1.54) is 6.07 Å². The molecule has 0 saturated heterocycles. The normalized spacial score (nSPS) is 14.0. The molecule has 0 aliphatic rings. The zero-order chi connectivity index (χ0) is 11.6. The van der Waals surface area contributed by atoms with Crippen LogP contribution in [0, 0.1) is 12.7 Å². The molecule has 0 aromatic heterocycles. The fourth-order valence-electron chi connectivity index (χ4n) is 2.14. The topological polar surface area (TPSA) is 0 Å². The smallest absolute Gasteiger partial charge is 0.123 e. The molecule has 0 aliphatic heterocycles. The largest absolute Gasteiger partial charge is 0.207 e. The van der Waals surface area contributed by atoms with Gasteiger partial charge < -0.3 is 0 Å². The number of hydrogen-bond acceptors (Lipinski definition) is 0. The summed E-state index contributed by atoms with van der Waals surface area (Å²) in [6.45, 7) is 8.48. The number of halogens is 2. The van der Waals surface area contributed by atoms with Crippen LogP contribution in [-0.4, -0.2) is 4.83 Å². The van der Waals surface area contributed by atoms with Crippen molar-refractivity contribution in [3.8, 4) is 0 Å². The minimum absolute atomic E-state index is 0.00903. The van der Waals surface area contributed by atoms with Crippen molar-refractivity contribution < 1.29 is 4.39 Å². The first-order chi connectivity index (χ1) is 6.83. The van der Waals surface area contributed by atoms with Gasteiger partial charge in [0.2, 0.25) is 0 Å². The Morgan fingerprint density at radius 1 is 1.40 bits per heavy atom. The van der Waals surface area contributed by atoms with Crippen molar-refractivity contribution in [2.24, 2.45) is 0 Å². The van der Waals surface area contributed by atoms with Crippen molar-refractivity contribution in [2.45, 2.75) is 44.4 Å². The van der Waals surface area contributed by atoms with Crippen molar-refractivity contribution >= 4 is 15.9 Å². The van der Waals surface area contributed by atoms with E-state index < -0.39 is 0 Å². The first-order valence-electron chi connectivity index (χ1n) is 5.23. The molecule has 84 valence electrons. The van der Waals surface area contributed by atoms with E-state index in [1.807, 2.05) is 13.0 Å². The summed E-state index contributed by atoms with van der Waals surface area (Å²) in [5.74, 6) is -0.147. The lowest BCUT2D eigenvalue weighted by atomic mass is 9.78. The Bertz CT molecular complexity index is 342. The van der Waals surface area contributed by atoms with E-state index in [4.69, 9.17) is 0 Å². The fourth-order valence-corrected chi connectivity index (χ4v) is 2.95. The number of benzene rings is 1. The Kier molecular flexibility index (Phi) is 3.93. The lowest BCUT2D eigenvalue weighted by Crippen LogP contribution is -2.22. The van der Waals surface area contributed by atoms with Crippen molar-refractivity contribution in [1.29, 1.82) is 0 Å². The van der Waals surface area contributed by atoms with Crippen LogP contribution in [0.1, 0.15) is 38.3 Å². The third-order valence-corrected chi connectivity index (χ3v) is 3.04. The van der Waals surface area contributed by atoms with Crippen LogP contribution in [0.4, 0.5) is 4.39 Å². The minimum atomic E-state index is -0.147. The molecule has 0 fully saturated rings. The molecule has 15 heavy (non-hydrogen) atoms. The van der Waals surface area contributed by atoms with Crippen LogP contribution in [-0.2, 0) is 5.41 Å². The third kappa shape index (κ3) is 3.30. The van der Waals surface area contributed by atoms with Gasteiger partial charge in [-0.15, -0.1) is 0 Å². The second-order valence-corrected chi connectivity index (χ2v) is 6.39. The maximum absolute atomic E-state index is 13.2. The van der Waals surface area contributed by atoms with Crippen LogP contribution in [0.25, 0.3) is 0 Å². The Labute approximate surface area is 100 Å². The predicted molar refractivity (Wildman–Crippen MR) is 67.2 cm³/mol. The van der Waals surface area contributed by atoms with Crippen LogP contribution >= 0.6 is 15.9 Å². The Morgan fingerprint density at radius 2 is 2.00 bits per heavy atom. The van der Waals surface area contributed by atoms with E-state index in [1.54, 1.807) is 6.07 Å². The van der Waals surface area contributed by atoms with Crippen LogP contribution in [0.3, 0.4) is 0 Å². The van der Waals surface area contributed by atoms with Gasteiger partial charge in [-0.25, -0.2) is 4.39 Å². The maximum atomic E-state index is 13.2. The lowest BCUT2D eigenvalue weighted by molar-refractivity contribution is 0.475. The Morgan fingerprint density at radius 3 is 2.53 bits per heavy atom. The zero-order valence-corrected chi connectivity index (χ0v) is 11.4. The summed E-state index contributed by atoms with van der Waals surface area (Å²) in [6.07, 6.45) is 0.997. The second kappa shape index (κ2) is 4.65. The maximum Gasteiger partial charge on any atom is 0.123 e. The van der Waals surface area contributed by atoms with Crippen LogP contribution in [0.15, 0.2) is 18.2 Å². The number of alkyl halides is 1. The summed E-state index contributed by atoms with van der Waals surface area (Å²) in [4.78, 5) is 0.440. The number of rotatable bonds is 3. The predicted octanol–water partition coefficient (Wildman–Crippen LogP) is 4.59. The summed E-state index contributed by atoms with van der Waals surface area (Å²) in [7, 11) is 0. The van der Waals surface area contributed by atoms with Gasteiger partial charge in [0, 0.05) is 4.83 Å². The van der Waals surface area contributed by atoms with Gasteiger partial charge in [-0.1, -0.05) is 42.8 Å². The highest BCUT2D eigenvalue weighted by Gasteiger charge is 2.24. The SMILES string of the molecule is Cc1ccc(F)cc1C(C)(C)CC(C)Br. The Hall–Kier alpha value is -0.370. The summed E-state index contributed by atoms with van der Waals surface area (Å²) < 4.78 is 13.2. The molecule has 1 aromatic carbocycles. The molecule has 0 bridgehead atoms. The summed E-state index contributed by atoms with van der Waals surface area (Å²) in [5, 5.41) is 0. The van der Waals surface area contributed by atoms with Crippen molar-refractivity contribution in [1.82, 2.24) is 0 Å².